The van der Waals surface area contributed by atoms with Crippen molar-refractivity contribution in [3.63, 3.8) is 0 Å². The lowest BCUT2D eigenvalue weighted by atomic mass is 9.53. The lowest BCUT2D eigenvalue weighted by molar-refractivity contribution is -0.137. The maximum atomic E-state index is 11.5. The van der Waals surface area contributed by atoms with Gasteiger partial charge in [-0.1, -0.05) is 116 Å². The first-order valence-corrected chi connectivity index (χ1v) is 18.9. The van der Waals surface area contributed by atoms with E-state index < -0.39 is 12.1 Å². The summed E-state index contributed by atoms with van der Waals surface area (Å²) < 4.78 is 15.6. The second kappa shape index (κ2) is 21.6. The van der Waals surface area contributed by atoms with Crippen LogP contribution in [0.2, 0.25) is 0 Å². The van der Waals surface area contributed by atoms with Gasteiger partial charge in [-0.2, -0.15) is 0 Å². The third-order valence-corrected chi connectivity index (χ3v) is 10.3. The van der Waals surface area contributed by atoms with Crippen LogP contribution in [0.4, 0.5) is 4.79 Å². The van der Waals surface area contributed by atoms with E-state index >= 15 is 0 Å². The average molecular weight is 644 g/mol. The highest BCUT2D eigenvalue weighted by atomic mass is 16.8. The molecule has 0 amide bonds. The Morgan fingerprint density at radius 3 is 2.13 bits per heavy atom. The zero-order valence-corrected chi connectivity index (χ0v) is 29.4. The molecule has 4 rings (SSSR count). The van der Waals surface area contributed by atoms with Crippen LogP contribution >= 0.6 is 0 Å². The quantitative estimate of drug-likeness (QED) is 0.0829. The first-order chi connectivity index (χ1) is 22.4. The van der Waals surface area contributed by atoms with Gasteiger partial charge in [-0.05, 0) is 81.7 Å². The number of fused-ring (bicyclic) bond motifs is 1. The van der Waals surface area contributed by atoms with Crippen molar-refractivity contribution in [1.29, 1.82) is 0 Å². The first-order valence-electron chi connectivity index (χ1n) is 18.9. The minimum absolute atomic E-state index is 0.120. The fraction of sp³-hybridized carbons (Fsp3) is 0.795. The smallest absolute Gasteiger partial charge is 0.481 e. The van der Waals surface area contributed by atoms with Crippen molar-refractivity contribution in [3.05, 3.63) is 29.3 Å². The van der Waals surface area contributed by atoms with E-state index in [2.05, 4.69) is 24.4 Å². The van der Waals surface area contributed by atoms with Crippen LogP contribution in [0.15, 0.2) is 18.2 Å². The molecule has 46 heavy (non-hydrogen) atoms. The van der Waals surface area contributed by atoms with Gasteiger partial charge in [0.2, 0.25) is 6.79 Å². The third-order valence-electron chi connectivity index (χ3n) is 10.3. The number of ether oxygens (including phenoxy) is 3. The van der Waals surface area contributed by atoms with Crippen LogP contribution in [0, 0.1) is 5.92 Å². The zero-order chi connectivity index (χ0) is 33.0. The summed E-state index contributed by atoms with van der Waals surface area (Å²) in [6, 6.07) is 7.01. The summed E-state index contributed by atoms with van der Waals surface area (Å²) in [4.78, 5) is 21.8. The molecule has 7 nitrogen and oxygen atoms in total. The highest BCUT2D eigenvalue weighted by Crippen LogP contribution is 2.54. The number of piperidine rings is 1. The summed E-state index contributed by atoms with van der Waals surface area (Å²) in [7, 11) is 0. The Bertz CT molecular complexity index is 1010. The molecular formula is C39H65NO6. The Kier molecular flexibility index (Phi) is 17.9. The number of aliphatic carboxylic acids is 1. The molecule has 2 N–H and O–H groups in total. The van der Waals surface area contributed by atoms with E-state index in [0.717, 1.165) is 37.5 Å². The Morgan fingerprint density at radius 1 is 0.891 bits per heavy atom. The molecule has 0 radical (unpaired) electrons. The van der Waals surface area contributed by atoms with E-state index in [1.807, 2.05) is 6.07 Å². The van der Waals surface area contributed by atoms with Crippen molar-refractivity contribution >= 4 is 12.1 Å². The minimum atomic E-state index is -0.690. The van der Waals surface area contributed by atoms with Crippen LogP contribution in [-0.2, 0) is 26.1 Å². The van der Waals surface area contributed by atoms with Crippen LogP contribution in [-0.4, -0.2) is 42.7 Å². The Labute approximate surface area is 279 Å². The van der Waals surface area contributed by atoms with Gasteiger partial charge >= 0.3 is 12.1 Å². The van der Waals surface area contributed by atoms with Crippen molar-refractivity contribution < 1.29 is 28.9 Å². The van der Waals surface area contributed by atoms with Crippen LogP contribution in [0.3, 0.4) is 0 Å². The number of carbonyl (C=O) groups excluding carboxylic acids is 1. The molecule has 2 fully saturated rings. The molecule has 1 aromatic carbocycles. The van der Waals surface area contributed by atoms with Crippen molar-refractivity contribution in [2.24, 2.45) is 5.92 Å². The topological polar surface area (TPSA) is 94.1 Å². The summed E-state index contributed by atoms with van der Waals surface area (Å²) in [5, 5.41) is 12.3. The van der Waals surface area contributed by atoms with E-state index in [4.69, 9.17) is 19.3 Å². The summed E-state index contributed by atoms with van der Waals surface area (Å²) in [6.45, 7) is 6.84. The van der Waals surface area contributed by atoms with Gasteiger partial charge in [-0.15, -0.1) is 0 Å². The molecule has 1 heterocycles. The van der Waals surface area contributed by atoms with E-state index in [1.165, 1.54) is 127 Å². The van der Waals surface area contributed by atoms with Gasteiger partial charge in [0, 0.05) is 17.9 Å². The number of carbonyl (C=O) groups is 2. The molecule has 2 aliphatic carbocycles. The van der Waals surface area contributed by atoms with Gasteiger partial charge in [-0.3, -0.25) is 4.79 Å². The minimum Gasteiger partial charge on any atom is -0.481 e. The molecule has 3 aliphatic rings. The van der Waals surface area contributed by atoms with Gasteiger partial charge in [-0.25, -0.2) is 4.79 Å². The van der Waals surface area contributed by atoms with Gasteiger partial charge in [0.05, 0.1) is 6.10 Å². The van der Waals surface area contributed by atoms with E-state index in [0.29, 0.717) is 17.9 Å². The van der Waals surface area contributed by atoms with Crippen molar-refractivity contribution in [2.45, 2.75) is 180 Å². The predicted molar refractivity (Wildman–Crippen MR) is 186 cm³/mol. The van der Waals surface area contributed by atoms with Crippen molar-refractivity contribution in [3.8, 4) is 5.75 Å². The van der Waals surface area contributed by atoms with Crippen molar-refractivity contribution in [2.75, 3.05) is 13.3 Å². The Morgan fingerprint density at radius 2 is 1.52 bits per heavy atom. The molecule has 1 aliphatic heterocycles. The molecule has 3 atom stereocenters. The number of rotatable bonds is 20. The van der Waals surface area contributed by atoms with Crippen LogP contribution in [0.25, 0.3) is 0 Å². The van der Waals surface area contributed by atoms with Gasteiger partial charge in [0.15, 0.2) is 0 Å². The van der Waals surface area contributed by atoms with Crippen LogP contribution < -0.4 is 10.1 Å². The number of nitrogens with one attached hydrogen (secondary N) is 1. The predicted octanol–water partition coefficient (Wildman–Crippen LogP) is 10.3. The number of unbranched alkanes of at least 4 members (excludes halogenated alkanes) is 14. The molecule has 1 saturated carbocycles. The van der Waals surface area contributed by atoms with E-state index in [9.17, 15) is 9.59 Å². The maximum absolute atomic E-state index is 11.5. The second-order valence-electron chi connectivity index (χ2n) is 14.3. The van der Waals surface area contributed by atoms with Gasteiger partial charge < -0.3 is 24.6 Å². The molecule has 0 spiro atoms. The first kappa shape index (κ1) is 38.2. The molecule has 0 unspecified atom stereocenters. The third kappa shape index (κ3) is 13.1. The monoisotopic (exact) mass is 643 g/mol. The number of hydrogen-bond acceptors (Lipinski definition) is 6. The number of benzene rings is 1. The largest absolute Gasteiger partial charge is 0.511 e. The molecular weight excluding hydrogens is 578 g/mol. The van der Waals surface area contributed by atoms with E-state index in [-0.39, 0.29) is 12.9 Å². The molecule has 7 heteroatoms. The lowest BCUT2D eigenvalue weighted by Gasteiger charge is -2.56. The molecule has 2 bridgehead atoms. The zero-order valence-electron chi connectivity index (χ0n) is 29.4. The van der Waals surface area contributed by atoms with Gasteiger partial charge in [0.1, 0.15) is 5.75 Å². The lowest BCUT2D eigenvalue weighted by Crippen LogP contribution is -2.59. The SMILES string of the molecule is CC(C)OC(=O)OCOc1ccc2c(c1)[C@]13CCCC[C@@H]1[C@@H](C2)NCC3.CCCCCCCCCCCCCCCCCC(=O)O. The second-order valence-corrected chi connectivity index (χ2v) is 14.3. The standard InChI is InChI=1S/C21H29NO4.C18H36O2/c1-14(2)26-20(23)25-13-24-16-7-6-15-11-19-17-5-3-4-8-21(17,9-10-22-19)18(15)12-16;1-2-3-4-5-6-7-8-9-10-11-12-13-14-15-16-17-18(19)20/h6-7,12,14,17,19,22H,3-5,8-11,13H2,1-2H3;2-17H2,1H3,(H,19,20)/t17-,19-,21+;/m1./s1. The number of hydrogen-bond donors (Lipinski definition) is 2. The summed E-state index contributed by atoms with van der Waals surface area (Å²) in [5.41, 5.74) is 3.23. The molecule has 1 saturated heterocycles. The average Bonchev–Trinajstić information content (AvgIpc) is 3.03. The van der Waals surface area contributed by atoms with Crippen LogP contribution in [0.5, 0.6) is 5.75 Å². The molecule has 1 aromatic rings. The maximum Gasteiger partial charge on any atom is 0.511 e. The van der Waals surface area contributed by atoms with Gasteiger partial charge in [0.25, 0.3) is 0 Å². The fourth-order valence-electron chi connectivity index (χ4n) is 8.01. The summed E-state index contributed by atoms with van der Waals surface area (Å²) in [5.74, 6) is 0.862. The number of carboxylic acids is 1. The summed E-state index contributed by atoms with van der Waals surface area (Å²) >= 11 is 0. The van der Waals surface area contributed by atoms with Crippen molar-refractivity contribution in [1.82, 2.24) is 5.32 Å². The highest BCUT2D eigenvalue weighted by molar-refractivity contribution is 5.66. The Balaban J connectivity index is 0.000000262. The molecule has 0 aromatic heterocycles. The molecule has 262 valence electrons. The summed E-state index contributed by atoms with van der Waals surface area (Å²) in [6.07, 6.45) is 26.9. The normalized spacial score (nSPS) is 21.4. The number of carboxylic acid groups (broad SMARTS) is 1. The van der Waals surface area contributed by atoms with E-state index in [1.54, 1.807) is 13.8 Å². The Hall–Kier alpha value is -2.28. The fourth-order valence-corrected chi connectivity index (χ4v) is 8.01. The highest BCUT2D eigenvalue weighted by Gasteiger charge is 2.51. The van der Waals surface area contributed by atoms with Crippen LogP contribution in [0.1, 0.15) is 167 Å².